The summed E-state index contributed by atoms with van der Waals surface area (Å²) in [5.74, 6) is 0.991. The van der Waals surface area contributed by atoms with E-state index < -0.39 is 0 Å². The molecule has 0 spiro atoms. The molecule has 86 valence electrons. The van der Waals surface area contributed by atoms with Crippen LogP contribution in [0.25, 0.3) is 0 Å². The molecule has 2 aliphatic rings. The Balaban J connectivity index is 1.81. The van der Waals surface area contributed by atoms with E-state index in [0.717, 1.165) is 5.92 Å². The summed E-state index contributed by atoms with van der Waals surface area (Å²) in [6.45, 7) is 2.70. The first kappa shape index (κ1) is 10.3. The van der Waals surface area contributed by atoms with Gasteiger partial charge in [-0.1, -0.05) is 19.4 Å². The summed E-state index contributed by atoms with van der Waals surface area (Å²) in [5.41, 5.74) is 0. The van der Waals surface area contributed by atoms with Crippen molar-refractivity contribution in [1.82, 2.24) is 10.2 Å². The molecule has 1 aromatic rings. The fourth-order valence-corrected chi connectivity index (χ4v) is 3.39. The zero-order chi connectivity index (χ0) is 11.1. The highest BCUT2D eigenvalue weighted by Gasteiger charge is 2.48. The highest BCUT2D eigenvalue weighted by Crippen LogP contribution is 2.43. The first-order chi connectivity index (χ1) is 7.81. The maximum absolute atomic E-state index is 11.9. The van der Waals surface area contributed by atoms with Crippen LogP contribution >= 0.6 is 11.3 Å². The number of amides is 1. The van der Waals surface area contributed by atoms with Crippen molar-refractivity contribution in [3.63, 3.8) is 0 Å². The van der Waals surface area contributed by atoms with Gasteiger partial charge in [0.1, 0.15) is 6.17 Å². The molecule has 0 bridgehead atoms. The van der Waals surface area contributed by atoms with Crippen molar-refractivity contribution in [2.75, 3.05) is 6.54 Å². The van der Waals surface area contributed by atoms with Crippen molar-refractivity contribution in [1.29, 1.82) is 0 Å². The number of hydrogen-bond acceptors (Lipinski definition) is 3. The molecule has 1 aliphatic carbocycles. The summed E-state index contributed by atoms with van der Waals surface area (Å²) in [4.78, 5) is 15.2. The molecule has 1 amide bonds. The number of nitrogens with zero attached hydrogens (tertiary/aromatic N) is 1. The van der Waals surface area contributed by atoms with Gasteiger partial charge >= 0.3 is 0 Å². The number of rotatable bonds is 3. The Bertz CT molecular complexity index is 390. The molecule has 2 heterocycles. The zero-order valence-electron chi connectivity index (χ0n) is 9.35. The van der Waals surface area contributed by atoms with Crippen LogP contribution in [-0.2, 0) is 4.79 Å². The van der Waals surface area contributed by atoms with Crippen LogP contribution in [0.5, 0.6) is 0 Å². The minimum absolute atomic E-state index is 0.133. The molecule has 1 aromatic heterocycles. The summed E-state index contributed by atoms with van der Waals surface area (Å²) in [5, 5.41) is 5.38. The molecule has 16 heavy (non-hydrogen) atoms. The monoisotopic (exact) mass is 236 g/mol. The molecular formula is C12H16N2OS. The first-order valence-electron chi connectivity index (χ1n) is 5.89. The van der Waals surface area contributed by atoms with Gasteiger partial charge in [0.25, 0.3) is 0 Å². The van der Waals surface area contributed by atoms with E-state index in [9.17, 15) is 4.79 Å². The van der Waals surface area contributed by atoms with Gasteiger partial charge in [-0.2, -0.15) is 0 Å². The van der Waals surface area contributed by atoms with E-state index in [2.05, 4.69) is 28.6 Å². The number of nitrogens with one attached hydrogen (secondary N) is 1. The molecule has 1 saturated carbocycles. The van der Waals surface area contributed by atoms with Crippen LogP contribution in [0.4, 0.5) is 0 Å². The Morgan fingerprint density at radius 3 is 3.12 bits per heavy atom. The smallest absolute Gasteiger partial charge is 0.238 e. The lowest BCUT2D eigenvalue weighted by Crippen LogP contribution is -2.32. The Labute approximate surface area is 99.5 Å². The average Bonchev–Trinajstić information content (AvgIpc) is 2.72. The van der Waals surface area contributed by atoms with Crippen molar-refractivity contribution >= 4 is 17.2 Å². The van der Waals surface area contributed by atoms with Gasteiger partial charge in [0, 0.05) is 10.9 Å². The standard InChI is InChI=1S/C12H16N2OS/c1-2-8-6-9(8)14-11(15)7-13-12(14)10-4-3-5-16-10/h3-5,8-9,12-13H,2,6-7H2,1H3. The van der Waals surface area contributed by atoms with Crippen LogP contribution in [0.1, 0.15) is 30.8 Å². The Hall–Kier alpha value is -0.870. The number of carbonyl (C=O) groups is 1. The second-order valence-corrected chi connectivity index (χ2v) is 5.55. The minimum atomic E-state index is 0.133. The molecule has 1 N–H and O–H groups in total. The maximum Gasteiger partial charge on any atom is 0.238 e. The highest BCUT2D eigenvalue weighted by molar-refractivity contribution is 7.10. The van der Waals surface area contributed by atoms with Crippen LogP contribution in [0, 0.1) is 5.92 Å². The van der Waals surface area contributed by atoms with Crippen molar-refractivity contribution < 1.29 is 4.79 Å². The van der Waals surface area contributed by atoms with E-state index >= 15 is 0 Å². The third-order valence-corrected chi connectivity index (χ3v) is 4.52. The molecule has 3 atom stereocenters. The quantitative estimate of drug-likeness (QED) is 0.870. The van der Waals surface area contributed by atoms with Gasteiger partial charge in [-0.25, -0.2) is 0 Å². The lowest BCUT2D eigenvalue weighted by molar-refractivity contribution is -0.128. The molecule has 3 unspecified atom stereocenters. The molecule has 3 rings (SSSR count). The van der Waals surface area contributed by atoms with E-state index in [-0.39, 0.29) is 12.1 Å². The number of carbonyl (C=O) groups excluding carboxylic acids is 1. The third kappa shape index (κ3) is 1.57. The molecule has 2 fully saturated rings. The van der Waals surface area contributed by atoms with Gasteiger partial charge in [0.05, 0.1) is 6.54 Å². The molecule has 3 nitrogen and oxygen atoms in total. The van der Waals surface area contributed by atoms with E-state index in [1.165, 1.54) is 17.7 Å². The second-order valence-electron chi connectivity index (χ2n) is 4.57. The van der Waals surface area contributed by atoms with Crippen LogP contribution < -0.4 is 5.32 Å². The molecule has 0 aromatic carbocycles. The maximum atomic E-state index is 11.9. The third-order valence-electron chi connectivity index (χ3n) is 3.59. The number of thiophene rings is 1. The first-order valence-corrected chi connectivity index (χ1v) is 6.77. The normalized spacial score (nSPS) is 33.4. The van der Waals surface area contributed by atoms with Crippen LogP contribution in [0.2, 0.25) is 0 Å². The van der Waals surface area contributed by atoms with Gasteiger partial charge in [0.15, 0.2) is 0 Å². The predicted molar refractivity (Wildman–Crippen MR) is 64.1 cm³/mol. The Morgan fingerprint density at radius 2 is 2.50 bits per heavy atom. The topological polar surface area (TPSA) is 32.3 Å². The highest BCUT2D eigenvalue weighted by atomic mass is 32.1. The molecule has 0 radical (unpaired) electrons. The zero-order valence-corrected chi connectivity index (χ0v) is 10.2. The van der Waals surface area contributed by atoms with Gasteiger partial charge < -0.3 is 4.90 Å². The van der Waals surface area contributed by atoms with Gasteiger partial charge in [0.2, 0.25) is 5.91 Å². The fourth-order valence-electron chi connectivity index (χ4n) is 2.59. The summed E-state index contributed by atoms with van der Waals surface area (Å²) in [6, 6.07) is 4.64. The molecule has 1 aliphatic heterocycles. The van der Waals surface area contributed by atoms with Crippen molar-refractivity contribution in [3.05, 3.63) is 22.4 Å². The summed E-state index contributed by atoms with van der Waals surface area (Å²) < 4.78 is 0. The predicted octanol–water partition coefficient (Wildman–Crippen LogP) is 1.98. The SMILES string of the molecule is CCC1CC1N1C(=O)CNC1c1cccs1. The fraction of sp³-hybridized carbons (Fsp3) is 0.583. The van der Waals surface area contributed by atoms with Crippen LogP contribution in [0.15, 0.2) is 17.5 Å². The summed E-state index contributed by atoms with van der Waals surface area (Å²) in [7, 11) is 0. The van der Waals surface area contributed by atoms with Crippen molar-refractivity contribution in [2.24, 2.45) is 5.92 Å². The Morgan fingerprint density at radius 1 is 1.62 bits per heavy atom. The van der Waals surface area contributed by atoms with Crippen LogP contribution in [0.3, 0.4) is 0 Å². The average molecular weight is 236 g/mol. The lowest BCUT2D eigenvalue weighted by Gasteiger charge is -2.23. The second kappa shape index (κ2) is 3.86. The van der Waals surface area contributed by atoms with Crippen LogP contribution in [-0.4, -0.2) is 23.4 Å². The summed E-state index contributed by atoms with van der Waals surface area (Å²) >= 11 is 1.72. The van der Waals surface area contributed by atoms with E-state index in [1.807, 2.05) is 6.07 Å². The molecule has 1 saturated heterocycles. The number of hydrogen-bond donors (Lipinski definition) is 1. The minimum Gasteiger partial charge on any atom is -0.318 e. The summed E-state index contributed by atoms with van der Waals surface area (Å²) in [6.07, 6.45) is 2.51. The molecule has 4 heteroatoms. The van der Waals surface area contributed by atoms with Gasteiger partial charge in [-0.05, 0) is 23.8 Å². The largest absolute Gasteiger partial charge is 0.318 e. The lowest BCUT2D eigenvalue weighted by atomic mass is 10.3. The van der Waals surface area contributed by atoms with Gasteiger partial charge in [-0.15, -0.1) is 11.3 Å². The van der Waals surface area contributed by atoms with E-state index in [0.29, 0.717) is 12.6 Å². The van der Waals surface area contributed by atoms with E-state index in [1.54, 1.807) is 11.3 Å². The molecular weight excluding hydrogens is 220 g/mol. The Kier molecular flexibility index (Phi) is 2.48. The van der Waals surface area contributed by atoms with Gasteiger partial charge in [-0.3, -0.25) is 10.1 Å². The van der Waals surface area contributed by atoms with Crippen molar-refractivity contribution in [2.45, 2.75) is 32.0 Å². The van der Waals surface area contributed by atoms with Crippen molar-refractivity contribution in [3.8, 4) is 0 Å². The van der Waals surface area contributed by atoms with E-state index in [4.69, 9.17) is 0 Å².